The molecule has 0 saturated heterocycles. The van der Waals surface area contributed by atoms with Crippen LogP contribution >= 0.6 is 11.6 Å². The minimum atomic E-state index is -4.33. The lowest BCUT2D eigenvalue weighted by Crippen LogP contribution is -2.29. The largest absolute Gasteiger partial charge is 0.389 e. The number of aromatic nitrogens is 2. The van der Waals surface area contributed by atoms with E-state index in [1.807, 2.05) is 0 Å². The smallest absolute Gasteiger partial charge is 0.359 e. The quantitative estimate of drug-likeness (QED) is 0.642. The zero-order valence-electron chi connectivity index (χ0n) is 16.3. The Kier molecular flexibility index (Phi) is 8.16. The lowest BCUT2D eigenvalue weighted by Gasteiger charge is -2.14. The summed E-state index contributed by atoms with van der Waals surface area (Å²) in [7, 11) is 1.44. The van der Waals surface area contributed by atoms with Gasteiger partial charge >= 0.3 is 6.18 Å². The van der Waals surface area contributed by atoms with Crippen molar-refractivity contribution in [3.63, 3.8) is 0 Å². The number of benzene rings is 1. The van der Waals surface area contributed by atoms with Crippen LogP contribution in [0.2, 0.25) is 5.02 Å². The maximum Gasteiger partial charge on any atom is 0.389 e. The second-order valence-corrected chi connectivity index (χ2v) is 7.11. The fourth-order valence-electron chi connectivity index (χ4n) is 2.76. The van der Waals surface area contributed by atoms with E-state index in [9.17, 15) is 27.6 Å². The van der Waals surface area contributed by atoms with Gasteiger partial charge in [0.25, 0.3) is 5.56 Å². The number of aryl methyl sites for hydroxylation is 1. The number of rotatable bonds is 9. The van der Waals surface area contributed by atoms with Gasteiger partial charge in [-0.3, -0.25) is 19.0 Å². The van der Waals surface area contributed by atoms with Crippen LogP contribution in [0.4, 0.5) is 13.2 Å². The number of carbonyl (C=O) groups excluding carboxylic acids is 2. The maximum absolute atomic E-state index is 12.6. The number of amides is 1. The van der Waals surface area contributed by atoms with Gasteiger partial charge in [-0.05, 0) is 18.6 Å². The summed E-state index contributed by atoms with van der Waals surface area (Å²) in [6.45, 7) is -0.356. The van der Waals surface area contributed by atoms with Gasteiger partial charge in [-0.2, -0.15) is 13.2 Å². The Balaban J connectivity index is 2.31. The van der Waals surface area contributed by atoms with E-state index >= 15 is 0 Å². The molecule has 0 aliphatic rings. The number of Topliss-reactive ketones (excluding diaryl/α,β-unsaturated/α-hetero) is 1. The van der Waals surface area contributed by atoms with E-state index in [-0.39, 0.29) is 55.4 Å². The molecule has 0 aliphatic heterocycles. The zero-order valence-corrected chi connectivity index (χ0v) is 17.0. The first kappa shape index (κ1) is 23.6. The molecule has 0 radical (unpaired) electrons. The topological polar surface area (TPSA) is 81.1 Å². The molecule has 0 saturated carbocycles. The van der Waals surface area contributed by atoms with Gasteiger partial charge in [-0.1, -0.05) is 23.7 Å². The molecule has 1 amide bonds. The van der Waals surface area contributed by atoms with E-state index in [0.717, 1.165) is 4.57 Å². The van der Waals surface area contributed by atoms with Crippen LogP contribution in [0.15, 0.2) is 35.1 Å². The fraction of sp³-hybridized carbons (Fsp3) is 0.400. The second kappa shape index (κ2) is 10.4. The average molecular weight is 444 g/mol. The second-order valence-electron chi connectivity index (χ2n) is 6.67. The third-order valence-corrected chi connectivity index (χ3v) is 4.58. The average Bonchev–Trinajstić information content (AvgIpc) is 2.68. The fourth-order valence-corrected chi connectivity index (χ4v) is 2.89. The highest BCUT2D eigenvalue weighted by atomic mass is 35.5. The minimum absolute atomic E-state index is 0.0379. The lowest BCUT2D eigenvalue weighted by molar-refractivity contribution is -0.135. The van der Waals surface area contributed by atoms with Crippen molar-refractivity contribution in [3.8, 4) is 11.3 Å². The van der Waals surface area contributed by atoms with Gasteiger partial charge in [-0.25, -0.2) is 4.98 Å². The van der Waals surface area contributed by atoms with Crippen LogP contribution in [-0.4, -0.2) is 34.5 Å². The van der Waals surface area contributed by atoms with Crippen molar-refractivity contribution in [2.45, 2.75) is 44.8 Å². The number of nitrogens with one attached hydrogen (secondary N) is 1. The summed E-state index contributed by atoms with van der Waals surface area (Å²) in [5.74, 6) is -0.624. The van der Waals surface area contributed by atoms with E-state index in [4.69, 9.17) is 11.6 Å². The summed E-state index contributed by atoms with van der Waals surface area (Å²) in [4.78, 5) is 40.5. The Morgan fingerprint density at radius 2 is 1.83 bits per heavy atom. The molecule has 0 fully saturated rings. The number of halogens is 4. The minimum Gasteiger partial charge on any atom is -0.359 e. The van der Waals surface area contributed by atoms with Gasteiger partial charge in [0, 0.05) is 49.4 Å². The molecule has 0 aliphatic carbocycles. The summed E-state index contributed by atoms with van der Waals surface area (Å²) in [5.41, 5.74) is 0.310. The highest BCUT2D eigenvalue weighted by Crippen LogP contribution is 2.23. The van der Waals surface area contributed by atoms with Crippen molar-refractivity contribution in [2.75, 3.05) is 7.05 Å². The van der Waals surface area contributed by atoms with E-state index in [0.29, 0.717) is 10.6 Å². The predicted molar refractivity (Wildman–Crippen MR) is 106 cm³/mol. The molecule has 0 bridgehead atoms. The third kappa shape index (κ3) is 7.29. The van der Waals surface area contributed by atoms with E-state index in [2.05, 4.69) is 10.3 Å². The molecule has 30 heavy (non-hydrogen) atoms. The van der Waals surface area contributed by atoms with Gasteiger partial charge in [0.2, 0.25) is 5.91 Å². The van der Waals surface area contributed by atoms with Crippen LogP contribution in [0.25, 0.3) is 11.3 Å². The Bertz CT molecular complexity index is 956. The van der Waals surface area contributed by atoms with Crippen molar-refractivity contribution < 1.29 is 22.8 Å². The molecular formula is C20H21ClF3N3O3. The molecule has 10 heteroatoms. The van der Waals surface area contributed by atoms with Gasteiger partial charge in [0.1, 0.15) is 5.82 Å². The summed E-state index contributed by atoms with van der Waals surface area (Å²) >= 11 is 5.86. The maximum atomic E-state index is 12.6. The van der Waals surface area contributed by atoms with Crippen molar-refractivity contribution in [3.05, 3.63) is 51.5 Å². The standard InChI is InChI=1S/C20H21ClF3N3O3/c1-25-18(29)9-8-15(28)12-27-17(3-2-10-20(22,23)24)26-16(11-19(27)30)13-4-6-14(21)7-5-13/h4-7,11H,2-3,8-10,12H2,1H3,(H,25,29). The molecule has 0 unspecified atom stereocenters. The first-order valence-corrected chi connectivity index (χ1v) is 9.62. The number of hydrogen-bond donors (Lipinski definition) is 1. The predicted octanol–water partition coefficient (Wildman–Crippen LogP) is 3.54. The SMILES string of the molecule is CNC(=O)CCC(=O)Cn1c(CCCC(F)(F)F)nc(-c2ccc(Cl)cc2)cc1=O. The number of alkyl halides is 3. The first-order valence-electron chi connectivity index (χ1n) is 9.25. The van der Waals surface area contributed by atoms with Crippen LogP contribution < -0.4 is 10.9 Å². The molecule has 0 atom stereocenters. The normalized spacial score (nSPS) is 11.4. The summed E-state index contributed by atoms with van der Waals surface area (Å²) < 4.78 is 38.7. The molecule has 1 aromatic heterocycles. The van der Waals surface area contributed by atoms with Crippen LogP contribution in [0, 0.1) is 0 Å². The Labute approximate surface area is 176 Å². The van der Waals surface area contributed by atoms with Crippen LogP contribution in [0.5, 0.6) is 0 Å². The Morgan fingerprint density at radius 3 is 2.43 bits per heavy atom. The van der Waals surface area contributed by atoms with Crippen LogP contribution in [-0.2, 0) is 22.6 Å². The monoisotopic (exact) mass is 443 g/mol. The first-order chi connectivity index (χ1) is 14.1. The number of nitrogens with zero attached hydrogens (tertiary/aromatic N) is 2. The van der Waals surface area contributed by atoms with E-state index in [1.54, 1.807) is 24.3 Å². The molecule has 0 spiro atoms. The van der Waals surface area contributed by atoms with E-state index in [1.165, 1.54) is 13.1 Å². The molecule has 2 rings (SSSR count). The van der Waals surface area contributed by atoms with Crippen molar-refractivity contribution >= 4 is 23.3 Å². The zero-order chi connectivity index (χ0) is 22.3. The molecule has 1 aromatic carbocycles. The van der Waals surface area contributed by atoms with Gasteiger partial charge in [-0.15, -0.1) is 0 Å². The van der Waals surface area contributed by atoms with Gasteiger partial charge in [0.15, 0.2) is 5.78 Å². The lowest BCUT2D eigenvalue weighted by atomic mass is 10.1. The summed E-state index contributed by atoms with van der Waals surface area (Å²) in [6, 6.07) is 7.72. The third-order valence-electron chi connectivity index (χ3n) is 4.33. The molecular weight excluding hydrogens is 423 g/mol. The number of ketones is 1. The number of hydrogen-bond acceptors (Lipinski definition) is 4. The molecule has 162 valence electrons. The summed E-state index contributed by atoms with van der Waals surface area (Å²) in [6.07, 6.45) is -5.89. The van der Waals surface area contributed by atoms with Gasteiger partial charge < -0.3 is 5.32 Å². The summed E-state index contributed by atoms with van der Waals surface area (Å²) in [5, 5.41) is 2.88. The van der Waals surface area contributed by atoms with Crippen molar-refractivity contribution in [1.82, 2.24) is 14.9 Å². The highest BCUT2D eigenvalue weighted by molar-refractivity contribution is 6.30. The van der Waals surface area contributed by atoms with Crippen molar-refractivity contribution in [2.24, 2.45) is 0 Å². The molecule has 2 aromatic rings. The Hall–Kier alpha value is -2.68. The highest BCUT2D eigenvalue weighted by Gasteiger charge is 2.26. The number of carbonyl (C=O) groups is 2. The van der Waals surface area contributed by atoms with Crippen LogP contribution in [0.3, 0.4) is 0 Å². The molecule has 1 N–H and O–H groups in total. The molecule has 6 nitrogen and oxygen atoms in total. The van der Waals surface area contributed by atoms with E-state index < -0.39 is 18.2 Å². The molecule has 1 heterocycles. The Morgan fingerprint density at radius 1 is 1.17 bits per heavy atom. The van der Waals surface area contributed by atoms with Gasteiger partial charge in [0.05, 0.1) is 12.2 Å². The van der Waals surface area contributed by atoms with Crippen molar-refractivity contribution in [1.29, 1.82) is 0 Å². The van der Waals surface area contributed by atoms with Crippen LogP contribution in [0.1, 0.15) is 31.5 Å².